The van der Waals surface area contributed by atoms with E-state index in [1.54, 1.807) is 24.7 Å². The van der Waals surface area contributed by atoms with Gasteiger partial charge in [-0.15, -0.1) is 0 Å². The largest absolute Gasteiger partial charge is 0.462 e. The lowest BCUT2D eigenvalue weighted by Crippen LogP contribution is -2.06. The molecule has 0 fully saturated rings. The molecule has 0 saturated heterocycles. The first-order valence-corrected chi connectivity index (χ1v) is 5.82. The maximum atomic E-state index is 11.5. The third-order valence-corrected chi connectivity index (χ3v) is 2.35. The Bertz CT molecular complexity index is 572. The Morgan fingerprint density at radius 2 is 2.32 bits per heavy atom. The average molecular weight is 258 g/mol. The lowest BCUT2D eigenvalue weighted by Gasteiger charge is -1.98. The molecule has 0 aliphatic rings. The van der Waals surface area contributed by atoms with Crippen LogP contribution in [0.4, 0.5) is 0 Å². The van der Waals surface area contributed by atoms with Crippen LogP contribution in [-0.2, 0) is 16.1 Å². The van der Waals surface area contributed by atoms with E-state index in [0.717, 1.165) is 0 Å². The first-order valence-electron chi connectivity index (χ1n) is 5.82. The number of esters is 1. The Kier molecular flexibility index (Phi) is 5.31. The van der Waals surface area contributed by atoms with Gasteiger partial charge in [0.05, 0.1) is 31.3 Å². The molecule has 19 heavy (non-hydrogen) atoms. The van der Waals surface area contributed by atoms with Crippen molar-refractivity contribution in [1.29, 1.82) is 10.5 Å². The van der Waals surface area contributed by atoms with Gasteiger partial charge >= 0.3 is 5.97 Å². The molecule has 0 bridgehead atoms. The molecule has 6 heteroatoms. The zero-order valence-electron chi connectivity index (χ0n) is 10.9. The van der Waals surface area contributed by atoms with Crippen LogP contribution in [0.2, 0.25) is 0 Å². The predicted octanol–water partition coefficient (Wildman–Crippen LogP) is 1.58. The SMILES string of the molecule is CCOC(=O)/C(C#N)=C/c1cn(CCC#N)nc1C. The lowest BCUT2D eigenvalue weighted by atomic mass is 10.2. The van der Waals surface area contributed by atoms with Crippen LogP contribution >= 0.6 is 0 Å². The molecule has 0 amide bonds. The second kappa shape index (κ2) is 6.97. The highest BCUT2D eigenvalue weighted by atomic mass is 16.5. The number of aromatic nitrogens is 2. The second-order valence-corrected chi connectivity index (χ2v) is 3.73. The van der Waals surface area contributed by atoms with Gasteiger partial charge in [0.2, 0.25) is 0 Å². The minimum absolute atomic E-state index is 0.0650. The normalized spacial score (nSPS) is 10.6. The molecule has 98 valence electrons. The zero-order valence-corrected chi connectivity index (χ0v) is 10.9. The summed E-state index contributed by atoms with van der Waals surface area (Å²) in [5.41, 5.74) is 1.29. The number of ether oxygens (including phenoxy) is 1. The molecular weight excluding hydrogens is 244 g/mol. The molecule has 0 aromatic carbocycles. The van der Waals surface area contributed by atoms with Crippen LogP contribution in [0.5, 0.6) is 0 Å². The van der Waals surface area contributed by atoms with Crippen molar-refractivity contribution in [2.45, 2.75) is 26.8 Å². The van der Waals surface area contributed by atoms with Crippen LogP contribution in [-0.4, -0.2) is 22.4 Å². The van der Waals surface area contributed by atoms with Gasteiger partial charge in [0.1, 0.15) is 11.6 Å². The highest BCUT2D eigenvalue weighted by Crippen LogP contribution is 2.12. The molecule has 0 radical (unpaired) electrons. The van der Waals surface area contributed by atoms with Crippen molar-refractivity contribution in [2.24, 2.45) is 0 Å². The van der Waals surface area contributed by atoms with E-state index in [2.05, 4.69) is 5.10 Å². The average Bonchev–Trinajstić information content (AvgIpc) is 2.74. The van der Waals surface area contributed by atoms with Crippen molar-refractivity contribution >= 4 is 12.0 Å². The molecule has 0 unspecified atom stereocenters. The van der Waals surface area contributed by atoms with Gasteiger partial charge in [0.25, 0.3) is 0 Å². The number of nitrogens with zero attached hydrogens (tertiary/aromatic N) is 4. The topological polar surface area (TPSA) is 91.7 Å². The standard InChI is InChI=1S/C13H14N4O2/c1-3-19-13(18)11(8-15)7-12-9-17(6-4-5-14)16-10(12)2/h7,9H,3-4,6H2,1-2H3/b11-7+. The summed E-state index contributed by atoms with van der Waals surface area (Å²) in [7, 11) is 0. The van der Waals surface area contributed by atoms with Gasteiger partial charge in [-0.25, -0.2) is 4.79 Å². The van der Waals surface area contributed by atoms with Gasteiger partial charge in [-0.1, -0.05) is 0 Å². The Morgan fingerprint density at radius 3 is 2.89 bits per heavy atom. The van der Waals surface area contributed by atoms with Crippen LogP contribution in [0.25, 0.3) is 6.08 Å². The van der Waals surface area contributed by atoms with E-state index in [0.29, 0.717) is 24.2 Å². The molecular formula is C13H14N4O2. The molecule has 0 saturated carbocycles. The van der Waals surface area contributed by atoms with Crippen LogP contribution < -0.4 is 0 Å². The minimum Gasteiger partial charge on any atom is -0.462 e. The van der Waals surface area contributed by atoms with Gasteiger partial charge in [0.15, 0.2) is 0 Å². The Morgan fingerprint density at radius 1 is 1.58 bits per heavy atom. The fourth-order valence-corrected chi connectivity index (χ4v) is 1.46. The van der Waals surface area contributed by atoms with Crippen molar-refractivity contribution in [3.63, 3.8) is 0 Å². The first kappa shape index (κ1) is 14.5. The number of nitriles is 2. The predicted molar refractivity (Wildman–Crippen MR) is 67.4 cm³/mol. The number of carbonyl (C=O) groups excluding carboxylic acids is 1. The van der Waals surface area contributed by atoms with Crippen molar-refractivity contribution < 1.29 is 9.53 Å². The van der Waals surface area contributed by atoms with Gasteiger partial charge in [-0.3, -0.25) is 4.68 Å². The second-order valence-electron chi connectivity index (χ2n) is 3.73. The highest BCUT2D eigenvalue weighted by molar-refractivity contribution is 5.97. The maximum absolute atomic E-state index is 11.5. The van der Waals surface area contributed by atoms with Gasteiger partial charge < -0.3 is 4.74 Å². The summed E-state index contributed by atoms with van der Waals surface area (Å²) in [5.74, 6) is -0.644. The lowest BCUT2D eigenvalue weighted by molar-refractivity contribution is -0.137. The van der Waals surface area contributed by atoms with Crippen LogP contribution in [0, 0.1) is 29.6 Å². The summed E-state index contributed by atoms with van der Waals surface area (Å²) in [4.78, 5) is 11.5. The molecule has 1 rings (SSSR count). The zero-order chi connectivity index (χ0) is 14.3. The summed E-state index contributed by atoms with van der Waals surface area (Å²) < 4.78 is 6.39. The summed E-state index contributed by atoms with van der Waals surface area (Å²) in [6.45, 7) is 4.15. The molecule has 1 aromatic heterocycles. The number of aryl methyl sites for hydroxylation is 2. The summed E-state index contributed by atoms with van der Waals surface area (Å²) in [6.07, 6.45) is 3.50. The number of hydrogen-bond donors (Lipinski definition) is 0. The third kappa shape index (κ3) is 3.97. The molecule has 0 aliphatic heterocycles. The van der Waals surface area contributed by atoms with Crippen molar-refractivity contribution in [1.82, 2.24) is 9.78 Å². The fourth-order valence-electron chi connectivity index (χ4n) is 1.46. The van der Waals surface area contributed by atoms with Crippen molar-refractivity contribution in [3.05, 3.63) is 23.0 Å². The minimum atomic E-state index is -0.644. The summed E-state index contributed by atoms with van der Waals surface area (Å²) in [6, 6.07) is 3.84. The first-order chi connectivity index (χ1) is 9.12. The Labute approximate surface area is 111 Å². The monoisotopic (exact) mass is 258 g/mol. The molecule has 0 atom stereocenters. The third-order valence-electron chi connectivity index (χ3n) is 2.35. The van der Waals surface area contributed by atoms with Gasteiger partial charge in [0, 0.05) is 11.8 Å². The van der Waals surface area contributed by atoms with Gasteiger partial charge in [-0.05, 0) is 19.9 Å². The molecule has 1 heterocycles. The molecule has 0 spiro atoms. The summed E-state index contributed by atoms with van der Waals surface area (Å²) >= 11 is 0. The number of carbonyl (C=O) groups is 1. The highest BCUT2D eigenvalue weighted by Gasteiger charge is 2.11. The van der Waals surface area contributed by atoms with E-state index in [4.69, 9.17) is 15.3 Å². The smallest absolute Gasteiger partial charge is 0.348 e. The fraction of sp³-hybridized carbons (Fsp3) is 0.385. The van der Waals surface area contributed by atoms with E-state index in [1.165, 1.54) is 6.08 Å². The van der Waals surface area contributed by atoms with Crippen LogP contribution in [0.15, 0.2) is 11.8 Å². The van der Waals surface area contributed by atoms with E-state index in [9.17, 15) is 4.79 Å². The van der Waals surface area contributed by atoms with Gasteiger partial charge in [-0.2, -0.15) is 15.6 Å². The van der Waals surface area contributed by atoms with Crippen LogP contribution in [0.3, 0.4) is 0 Å². The van der Waals surface area contributed by atoms with Crippen molar-refractivity contribution in [3.8, 4) is 12.1 Å². The van der Waals surface area contributed by atoms with E-state index in [-0.39, 0.29) is 12.2 Å². The van der Waals surface area contributed by atoms with E-state index < -0.39 is 5.97 Å². The Hall–Kier alpha value is -2.60. The van der Waals surface area contributed by atoms with E-state index in [1.807, 2.05) is 12.1 Å². The van der Waals surface area contributed by atoms with E-state index >= 15 is 0 Å². The van der Waals surface area contributed by atoms with Crippen molar-refractivity contribution in [2.75, 3.05) is 6.61 Å². The maximum Gasteiger partial charge on any atom is 0.348 e. The molecule has 0 N–H and O–H groups in total. The summed E-state index contributed by atoms with van der Waals surface area (Å²) in [5, 5.41) is 21.6. The molecule has 1 aromatic rings. The quantitative estimate of drug-likeness (QED) is 0.454. The van der Waals surface area contributed by atoms with Crippen LogP contribution in [0.1, 0.15) is 24.6 Å². The number of hydrogen-bond acceptors (Lipinski definition) is 5. The molecule has 6 nitrogen and oxygen atoms in total. The number of rotatable bonds is 5. The molecule has 0 aliphatic carbocycles. The Balaban J connectivity index is 2.96.